The summed E-state index contributed by atoms with van der Waals surface area (Å²) in [6, 6.07) is 0. The van der Waals surface area contributed by atoms with Gasteiger partial charge in [-0.25, -0.2) is 0 Å². The normalized spacial score (nSPS) is 29.9. The Kier molecular flexibility index (Phi) is 2.86. The Morgan fingerprint density at radius 1 is 1.82 bits per heavy atom. The monoisotopic (exact) mass is 177 g/mol. The molecule has 54 valence electrons. The van der Waals surface area contributed by atoms with Crippen LogP contribution in [0.25, 0.3) is 0 Å². The van der Waals surface area contributed by atoms with E-state index in [1.54, 1.807) is 16.7 Å². The summed E-state index contributed by atoms with van der Waals surface area (Å²) < 4.78 is 0. The largest absolute Gasteiger partial charge is 1.00 e. The fourth-order valence-electron chi connectivity index (χ4n) is 1.17. The zero-order valence-corrected chi connectivity index (χ0v) is 9.39. The number of thioether (sulfide) groups is 1. The Morgan fingerprint density at radius 3 is 3.18 bits per heavy atom. The summed E-state index contributed by atoms with van der Waals surface area (Å²) in [5.41, 5.74) is 0.940. The van der Waals surface area contributed by atoms with E-state index in [1.807, 2.05) is 24.6 Å². The Balaban J connectivity index is 0.000000605. The Labute approximate surface area is 93.5 Å². The van der Waals surface area contributed by atoms with Gasteiger partial charge in [-0.3, -0.25) is 9.69 Å². The van der Waals surface area contributed by atoms with Crippen molar-refractivity contribution in [3.63, 3.8) is 0 Å². The van der Waals surface area contributed by atoms with E-state index in [4.69, 9.17) is 0 Å². The number of β-lactam (4-membered cyclic amide) rings is 1. The minimum absolute atomic E-state index is 0. The first-order valence-electron chi connectivity index (χ1n) is 3.15. The van der Waals surface area contributed by atoms with Crippen molar-refractivity contribution in [2.75, 3.05) is 0 Å². The minimum atomic E-state index is 0. The van der Waals surface area contributed by atoms with Gasteiger partial charge in [0, 0.05) is 11.8 Å². The average molecular weight is 177 g/mol. The van der Waals surface area contributed by atoms with Gasteiger partial charge in [0.15, 0.2) is 0 Å². The van der Waals surface area contributed by atoms with E-state index in [2.05, 4.69) is 0 Å². The molecule has 2 rings (SSSR count). The van der Waals surface area contributed by atoms with Crippen molar-refractivity contribution < 1.29 is 35.8 Å². The minimum Gasteiger partial charge on any atom is -1.00 e. The van der Waals surface area contributed by atoms with Crippen LogP contribution in [0, 0.1) is 0 Å². The molecule has 0 unspecified atom stereocenters. The van der Waals surface area contributed by atoms with Crippen LogP contribution in [-0.2, 0) is 4.79 Å². The molecular weight excluding hydrogens is 169 g/mol. The number of carbonyl (C=O) groups excluding carboxylic acids is 1. The van der Waals surface area contributed by atoms with Gasteiger partial charge in [-0.05, 0) is 12.3 Å². The van der Waals surface area contributed by atoms with E-state index in [0.29, 0.717) is 5.37 Å². The molecule has 2 aliphatic heterocycles. The molecule has 0 radical (unpaired) electrons. The molecule has 0 saturated carbocycles. The molecule has 0 aromatic rings. The number of carbonyl (C=O) groups is 1. The van der Waals surface area contributed by atoms with Crippen molar-refractivity contribution in [3.05, 3.63) is 23.3 Å². The van der Waals surface area contributed by atoms with Gasteiger partial charge in [-0.1, -0.05) is 6.08 Å². The third kappa shape index (κ3) is 1.20. The van der Waals surface area contributed by atoms with E-state index in [-0.39, 0.29) is 36.9 Å². The van der Waals surface area contributed by atoms with Crippen LogP contribution in [0.4, 0.5) is 0 Å². The summed E-state index contributed by atoms with van der Waals surface area (Å²) in [6.07, 6.45) is 3.73. The zero-order chi connectivity index (χ0) is 7.14. The number of hydrogen-bond acceptors (Lipinski definition) is 2. The molecular formula is C7H8NNaOS. The number of allylic oxidation sites excluding steroid dienone is 1. The van der Waals surface area contributed by atoms with E-state index < -0.39 is 0 Å². The Hall–Kier alpha value is 0.300. The maximum atomic E-state index is 11.1. The Morgan fingerprint density at radius 2 is 2.55 bits per heavy atom. The first-order chi connectivity index (χ1) is 4.84. The van der Waals surface area contributed by atoms with Crippen LogP contribution in [0.15, 0.2) is 23.3 Å². The molecule has 0 aromatic carbocycles. The molecule has 0 N–H and O–H groups in total. The molecule has 2 aliphatic rings. The zero-order valence-electron chi connectivity index (χ0n) is 7.57. The van der Waals surface area contributed by atoms with Crippen LogP contribution in [0.2, 0.25) is 0 Å². The van der Waals surface area contributed by atoms with Crippen LogP contribution < -0.4 is 29.6 Å². The standard InChI is InChI=1S/C7H7NOS.Na.H/c1-2-5-6(9)8-3-4-10-7(5)8;;/h2-4,7H,1H3;;/q;+1;-1/b5-2-;;/t7-;;/m1../s1. The van der Waals surface area contributed by atoms with Crippen molar-refractivity contribution in [1.29, 1.82) is 0 Å². The van der Waals surface area contributed by atoms with Crippen molar-refractivity contribution in [3.8, 4) is 0 Å². The molecule has 1 atom stereocenters. The van der Waals surface area contributed by atoms with Gasteiger partial charge in [0.2, 0.25) is 0 Å². The van der Waals surface area contributed by atoms with Gasteiger partial charge in [-0.2, -0.15) is 0 Å². The van der Waals surface area contributed by atoms with Crippen molar-refractivity contribution in [1.82, 2.24) is 4.90 Å². The molecule has 1 fully saturated rings. The summed E-state index contributed by atoms with van der Waals surface area (Å²) >= 11 is 1.68. The van der Waals surface area contributed by atoms with Crippen LogP contribution >= 0.6 is 11.8 Å². The van der Waals surface area contributed by atoms with E-state index in [9.17, 15) is 4.79 Å². The summed E-state index contributed by atoms with van der Waals surface area (Å²) in [7, 11) is 0. The van der Waals surface area contributed by atoms with E-state index in [0.717, 1.165) is 5.57 Å². The third-order valence-electron chi connectivity index (χ3n) is 1.74. The number of fused-ring (bicyclic) bond motifs is 1. The summed E-state index contributed by atoms with van der Waals surface area (Å²) in [4.78, 5) is 12.8. The van der Waals surface area contributed by atoms with Crippen LogP contribution in [0.1, 0.15) is 8.35 Å². The van der Waals surface area contributed by atoms with Gasteiger partial charge in [0.05, 0.1) is 0 Å². The summed E-state index contributed by atoms with van der Waals surface area (Å²) in [5, 5.41) is 2.26. The number of rotatable bonds is 0. The van der Waals surface area contributed by atoms with Crippen molar-refractivity contribution in [2.45, 2.75) is 12.3 Å². The average Bonchev–Trinajstić information content (AvgIpc) is 2.33. The smallest absolute Gasteiger partial charge is 1.00 e. The molecule has 0 bridgehead atoms. The van der Waals surface area contributed by atoms with Gasteiger partial charge in [0.1, 0.15) is 5.37 Å². The molecule has 1 saturated heterocycles. The van der Waals surface area contributed by atoms with Crippen LogP contribution in [0.3, 0.4) is 0 Å². The topological polar surface area (TPSA) is 20.3 Å². The quantitative estimate of drug-likeness (QED) is 0.253. The number of nitrogens with zero attached hydrogens (tertiary/aromatic N) is 1. The number of amides is 1. The van der Waals surface area contributed by atoms with Crippen LogP contribution in [0.5, 0.6) is 0 Å². The third-order valence-corrected chi connectivity index (χ3v) is 2.76. The molecule has 0 aromatic heterocycles. The number of hydrogen-bond donors (Lipinski definition) is 0. The predicted molar refractivity (Wildman–Crippen MR) is 42.2 cm³/mol. The molecule has 2 nitrogen and oxygen atoms in total. The Bertz CT molecular complexity index is 254. The molecule has 1 amide bonds. The SMILES string of the molecule is C/C=C1/C(=O)N2C=CS[C@H]12.[H-].[Na+]. The van der Waals surface area contributed by atoms with Gasteiger partial charge >= 0.3 is 29.6 Å². The fourth-order valence-corrected chi connectivity index (χ4v) is 2.20. The van der Waals surface area contributed by atoms with Gasteiger partial charge in [0.25, 0.3) is 5.91 Å². The summed E-state index contributed by atoms with van der Waals surface area (Å²) in [5.74, 6) is 0.161. The van der Waals surface area contributed by atoms with Crippen LogP contribution in [-0.4, -0.2) is 16.2 Å². The second-order valence-electron chi connectivity index (χ2n) is 2.23. The van der Waals surface area contributed by atoms with Crippen molar-refractivity contribution >= 4 is 17.7 Å². The molecule has 4 heteroatoms. The summed E-state index contributed by atoms with van der Waals surface area (Å²) in [6.45, 7) is 1.91. The predicted octanol–water partition coefficient (Wildman–Crippen LogP) is -1.56. The van der Waals surface area contributed by atoms with Gasteiger partial charge in [-0.15, -0.1) is 11.8 Å². The van der Waals surface area contributed by atoms with Crippen molar-refractivity contribution in [2.24, 2.45) is 0 Å². The molecule has 11 heavy (non-hydrogen) atoms. The second kappa shape index (κ2) is 3.35. The molecule has 2 heterocycles. The van der Waals surface area contributed by atoms with Gasteiger partial charge < -0.3 is 1.43 Å². The maximum absolute atomic E-state index is 11.1. The molecule has 0 aliphatic carbocycles. The first-order valence-corrected chi connectivity index (χ1v) is 4.10. The molecule has 0 spiro atoms. The fraction of sp³-hybridized carbons (Fsp3) is 0.286. The maximum Gasteiger partial charge on any atom is 1.00 e. The first kappa shape index (κ1) is 9.39. The second-order valence-corrected chi connectivity index (χ2v) is 3.22. The van der Waals surface area contributed by atoms with E-state index >= 15 is 0 Å². The van der Waals surface area contributed by atoms with E-state index in [1.165, 1.54) is 0 Å².